The van der Waals surface area contributed by atoms with Gasteiger partial charge in [0.25, 0.3) is 0 Å². The molecule has 24 rings (SSSR count). The van der Waals surface area contributed by atoms with Gasteiger partial charge in [-0.05, 0) is 22.3 Å². The van der Waals surface area contributed by atoms with Crippen LogP contribution in [0.4, 0.5) is 0 Å². The first-order valence-corrected chi connectivity index (χ1v) is 45.9. The molecular formula is C120H78N2Se2. The van der Waals surface area contributed by atoms with E-state index < -0.39 is 0 Å². The van der Waals surface area contributed by atoms with Crippen molar-refractivity contribution in [2.45, 2.75) is 0 Å². The molecule has 4 heteroatoms. The number of para-hydroxylation sites is 2. The quantitative estimate of drug-likeness (QED) is 0.0961. The molecule has 2 nitrogen and oxygen atoms in total. The molecule has 0 spiro atoms. The summed E-state index contributed by atoms with van der Waals surface area (Å²) >= 11 is 0.276. The van der Waals surface area contributed by atoms with E-state index in [4.69, 9.17) is 0 Å². The third-order valence-corrected chi connectivity index (χ3v) is 30.2. The van der Waals surface area contributed by atoms with Crippen molar-refractivity contribution in [2.75, 3.05) is 0 Å². The van der Waals surface area contributed by atoms with Gasteiger partial charge >= 0.3 is 625 Å². The summed E-state index contributed by atoms with van der Waals surface area (Å²) in [6.07, 6.45) is 0. The first-order valence-electron chi connectivity index (χ1n) is 42.5. The van der Waals surface area contributed by atoms with E-state index >= 15 is 0 Å². The van der Waals surface area contributed by atoms with Gasteiger partial charge in [-0.1, -0.05) is 91.0 Å². The molecular weight excluding hydrogens is 1630 g/mol. The van der Waals surface area contributed by atoms with Crippen LogP contribution in [0.25, 0.3) is 227 Å². The average Bonchev–Trinajstić information content (AvgIpc) is 1.59. The maximum absolute atomic E-state index is 2.43. The van der Waals surface area contributed by atoms with Gasteiger partial charge in [-0.2, -0.15) is 0 Å². The van der Waals surface area contributed by atoms with Crippen molar-refractivity contribution < 1.29 is 0 Å². The van der Waals surface area contributed by atoms with Crippen LogP contribution < -0.4 is 0 Å². The fourth-order valence-corrected chi connectivity index (χ4v) is 24.5. The zero-order chi connectivity index (χ0) is 82.0. The van der Waals surface area contributed by atoms with Gasteiger partial charge in [0.1, 0.15) is 0 Å². The third kappa shape index (κ3) is 13.6. The van der Waals surface area contributed by atoms with E-state index in [9.17, 15) is 0 Å². The van der Waals surface area contributed by atoms with Gasteiger partial charge in [0.15, 0.2) is 0 Å². The van der Waals surface area contributed by atoms with Crippen molar-refractivity contribution in [3.05, 3.63) is 473 Å². The van der Waals surface area contributed by atoms with E-state index in [0.29, 0.717) is 0 Å². The Bertz CT molecular complexity index is 8150. The van der Waals surface area contributed by atoms with Crippen molar-refractivity contribution in [3.8, 4) is 145 Å². The SMILES string of the molecule is c1ccc(-c2ccc(-c3cc(-c4ccc5c(c4)c4ccccc4n5-c4ccc(-c5ccccc5)cc4)cc(-c4cccc5c4[se]c4c(-c6ccccc6)cccc45)c3)cc2)cc1.c1ccc(-c2ccc(-n3c4ccccc4c4cc(-c5cc(-c6cccc(-c7ccccc7)c6)cc(-c6cccc7c6[se]c6c(-c8ccccc8)cccc67)c5)ccc43)cc2)cc1. The molecule has 0 unspecified atom stereocenters. The molecule has 124 heavy (non-hydrogen) atoms. The minimum atomic E-state index is 0.136. The second-order valence-electron chi connectivity index (χ2n) is 32.1. The monoisotopic (exact) mass is 1710 g/mol. The van der Waals surface area contributed by atoms with Crippen LogP contribution in [0.1, 0.15) is 0 Å². The van der Waals surface area contributed by atoms with Crippen LogP contribution in [0.2, 0.25) is 0 Å². The predicted octanol–water partition coefficient (Wildman–Crippen LogP) is 32.3. The molecule has 0 N–H and O–H groups in total. The Hall–Kier alpha value is -15.0. The average molecular weight is 1710 g/mol. The Morgan fingerprint density at radius 2 is 0.331 bits per heavy atom. The van der Waals surface area contributed by atoms with Crippen LogP contribution in [0.5, 0.6) is 0 Å². The summed E-state index contributed by atoms with van der Waals surface area (Å²) in [4.78, 5) is 0. The van der Waals surface area contributed by atoms with Crippen LogP contribution in [-0.4, -0.2) is 38.1 Å². The van der Waals surface area contributed by atoms with E-state index in [1.807, 2.05) is 0 Å². The fourth-order valence-electron chi connectivity index (χ4n) is 18.7. The van der Waals surface area contributed by atoms with Gasteiger partial charge in [-0.3, -0.25) is 0 Å². The number of benzene rings is 20. The fraction of sp³-hybridized carbons (Fsp3) is 0. The molecule has 0 atom stereocenters. The van der Waals surface area contributed by atoms with E-state index in [0.717, 1.165) is 11.4 Å². The van der Waals surface area contributed by atoms with Crippen LogP contribution in [0, 0.1) is 0 Å². The zero-order valence-corrected chi connectivity index (χ0v) is 71.2. The van der Waals surface area contributed by atoms with Crippen molar-refractivity contribution in [1.82, 2.24) is 9.13 Å². The zero-order valence-electron chi connectivity index (χ0n) is 67.7. The Labute approximate surface area is 732 Å². The molecule has 0 saturated carbocycles. The van der Waals surface area contributed by atoms with E-state index in [2.05, 4.69) is 482 Å². The van der Waals surface area contributed by atoms with Gasteiger partial charge in [-0.15, -0.1) is 0 Å². The molecule has 0 saturated heterocycles. The molecule has 24 aromatic rings. The first-order chi connectivity index (χ1) is 61.5. The van der Waals surface area contributed by atoms with Crippen LogP contribution in [-0.2, 0) is 0 Å². The maximum atomic E-state index is 2.43. The summed E-state index contributed by atoms with van der Waals surface area (Å²) in [5.74, 6) is 0. The summed E-state index contributed by atoms with van der Waals surface area (Å²) in [5, 5.41) is 10.5. The molecule has 0 aliphatic carbocycles. The third-order valence-electron chi connectivity index (χ3n) is 24.8. The molecule has 0 amide bonds. The van der Waals surface area contributed by atoms with E-state index in [1.165, 1.54) is 216 Å². The number of hydrogen-bond acceptors (Lipinski definition) is 0. The Kier molecular flexibility index (Phi) is 19.1. The van der Waals surface area contributed by atoms with E-state index in [-0.39, 0.29) is 29.0 Å². The molecule has 0 fully saturated rings. The molecule has 20 aromatic carbocycles. The van der Waals surface area contributed by atoms with Gasteiger partial charge in [0, 0.05) is 0 Å². The van der Waals surface area contributed by atoms with Crippen molar-refractivity contribution >= 4 is 111 Å². The summed E-state index contributed by atoms with van der Waals surface area (Å²) in [6.45, 7) is 0. The van der Waals surface area contributed by atoms with Crippen molar-refractivity contribution in [2.24, 2.45) is 0 Å². The van der Waals surface area contributed by atoms with Crippen LogP contribution in [0.15, 0.2) is 473 Å². The molecule has 4 aromatic heterocycles. The summed E-state index contributed by atoms with van der Waals surface area (Å²) in [6, 6.07) is 174. The molecule has 0 radical (unpaired) electrons. The number of hydrogen-bond donors (Lipinski definition) is 0. The summed E-state index contributed by atoms with van der Waals surface area (Å²) in [7, 11) is 0. The number of aromatic nitrogens is 2. The van der Waals surface area contributed by atoms with Gasteiger partial charge < -0.3 is 0 Å². The molecule has 0 aliphatic heterocycles. The predicted molar refractivity (Wildman–Crippen MR) is 531 cm³/mol. The smallest absolute Gasteiger partial charge is 0.0617 e. The summed E-state index contributed by atoms with van der Waals surface area (Å²) in [5.41, 5.74) is 36.9. The minimum Gasteiger partial charge on any atom is -0.0617 e. The van der Waals surface area contributed by atoms with Crippen molar-refractivity contribution in [3.63, 3.8) is 0 Å². The molecule has 580 valence electrons. The number of nitrogens with zero attached hydrogens (tertiary/aromatic N) is 2. The summed E-state index contributed by atoms with van der Waals surface area (Å²) < 4.78 is 10.7. The Balaban J connectivity index is 0.000000143. The van der Waals surface area contributed by atoms with Crippen LogP contribution >= 0.6 is 0 Å². The van der Waals surface area contributed by atoms with Gasteiger partial charge in [-0.25, -0.2) is 0 Å². The van der Waals surface area contributed by atoms with Gasteiger partial charge in [0.05, 0.1) is 0 Å². The Morgan fingerprint density at radius 1 is 0.121 bits per heavy atom. The van der Waals surface area contributed by atoms with Crippen LogP contribution in [0.3, 0.4) is 0 Å². The van der Waals surface area contributed by atoms with E-state index in [1.54, 1.807) is 0 Å². The second-order valence-corrected chi connectivity index (χ2v) is 36.4. The topological polar surface area (TPSA) is 9.86 Å². The number of rotatable bonds is 14. The Morgan fingerprint density at radius 3 is 0.685 bits per heavy atom. The normalized spacial score (nSPS) is 11.5. The van der Waals surface area contributed by atoms with Crippen molar-refractivity contribution in [1.29, 1.82) is 0 Å². The molecule has 0 aliphatic rings. The second kappa shape index (κ2) is 31.9. The standard InChI is InChI=1S/2C60H39NSe/c1-4-15-40(16-5-1)42-29-32-50(33-30-42)61-57-28-11-10-23-53(57)56-39-46(31-34-58(56)61)48-36-47(45-22-12-21-44(35-45)41-17-6-2-7-18-41)37-49(38-48)52-25-14-27-55-54-26-13-24-51(59(54)62-60(52)55)43-19-8-3-9-20-43;1-4-14-40(15-5-1)42-26-28-44(29-27-42)47-36-48(38-49(37-47)52-22-13-24-55-54-23-12-21-51(59(54)62-60(52)55)45-18-8-3-9-19-45)46-32-35-58-56(39-46)53-20-10-11-25-57(53)61(58)50-33-30-43(31-34-50)41-16-6-2-7-17-41/h2*1-39H. The number of fused-ring (bicyclic) bond motifs is 12. The van der Waals surface area contributed by atoms with Gasteiger partial charge in [0.2, 0.25) is 0 Å². The molecule has 4 heterocycles. The first kappa shape index (κ1) is 74.1. The minimum absolute atomic E-state index is 0.136. The molecule has 0 bridgehead atoms.